The van der Waals surface area contributed by atoms with Gasteiger partial charge in [0.05, 0.1) is 12.7 Å². The molecule has 186 valence electrons. The van der Waals surface area contributed by atoms with Crippen LogP contribution < -0.4 is 10.6 Å². The third kappa shape index (κ3) is 8.01. The Balaban J connectivity index is 2.38. The van der Waals surface area contributed by atoms with Gasteiger partial charge in [-0.25, -0.2) is 4.79 Å². The van der Waals surface area contributed by atoms with Crippen molar-refractivity contribution in [2.24, 2.45) is 0 Å². The first-order valence-corrected chi connectivity index (χ1v) is 10.9. The highest BCUT2D eigenvalue weighted by Crippen LogP contribution is 2.29. The number of carbonyl (C=O) groups excluding carboxylic acids is 3. The predicted octanol–water partition coefficient (Wildman–Crippen LogP) is 1.99. The molecule has 4 N–H and O–H groups in total. The Morgan fingerprint density at radius 3 is 2.29 bits per heavy atom. The van der Waals surface area contributed by atoms with Crippen molar-refractivity contribution in [3.8, 4) is 11.8 Å². The van der Waals surface area contributed by atoms with Crippen molar-refractivity contribution in [3.63, 3.8) is 0 Å². The minimum atomic E-state index is -1.49. The number of carbonyl (C=O) groups is 3. The predicted molar refractivity (Wildman–Crippen MR) is 127 cm³/mol. The smallest absolute Gasteiger partial charge is 0.408 e. The minimum Gasteiger partial charge on any atom is -0.508 e. The summed E-state index contributed by atoms with van der Waals surface area (Å²) >= 11 is 0. The number of rotatable bonds is 9. The van der Waals surface area contributed by atoms with Crippen LogP contribution in [-0.2, 0) is 20.9 Å². The van der Waals surface area contributed by atoms with Crippen molar-refractivity contribution in [2.75, 3.05) is 13.2 Å². The van der Waals surface area contributed by atoms with Crippen LogP contribution in [0.4, 0.5) is 4.79 Å². The van der Waals surface area contributed by atoms with Gasteiger partial charge in [0.25, 0.3) is 0 Å². The van der Waals surface area contributed by atoms with Crippen molar-refractivity contribution in [3.05, 3.63) is 65.7 Å². The monoisotopic (exact) mass is 482 g/mol. The van der Waals surface area contributed by atoms with Gasteiger partial charge in [-0.15, -0.1) is 0 Å². The number of alkyl carbamates (subject to hydrolysis) is 1. The topological polar surface area (TPSA) is 152 Å². The number of phenolic OH excluding ortho intramolecular Hbond substituents is 1. The second-order valence-corrected chi connectivity index (χ2v) is 8.67. The van der Waals surface area contributed by atoms with Gasteiger partial charge < -0.3 is 30.5 Å². The first-order chi connectivity index (χ1) is 16.6. The molecule has 0 saturated carbocycles. The number of benzene rings is 2. The maximum absolute atomic E-state index is 13.4. The summed E-state index contributed by atoms with van der Waals surface area (Å²) < 4.78 is 5.14. The molecule has 0 aliphatic heterocycles. The van der Waals surface area contributed by atoms with E-state index in [0.717, 1.165) is 10.5 Å². The average molecular weight is 483 g/mol. The Morgan fingerprint density at radius 1 is 1.09 bits per heavy atom. The summed E-state index contributed by atoms with van der Waals surface area (Å²) in [4.78, 5) is 39.8. The van der Waals surface area contributed by atoms with E-state index >= 15 is 0 Å². The molecule has 2 unspecified atom stereocenters. The quantitative estimate of drug-likeness (QED) is 0.399. The molecule has 0 spiro atoms. The van der Waals surface area contributed by atoms with Gasteiger partial charge in [-0.2, -0.15) is 5.26 Å². The van der Waals surface area contributed by atoms with Crippen LogP contribution in [-0.4, -0.2) is 57.8 Å². The average Bonchev–Trinajstić information content (AvgIpc) is 2.81. The SMILES string of the molecule is CC(C)(C)OC(=O)NC(CO)C(=O)N(CC#N)C(C(=O)NCc1ccccc1)c1ccccc1O. The van der Waals surface area contributed by atoms with E-state index in [1.807, 2.05) is 24.3 Å². The van der Waals surface area contributed by atoms with Gasteiger partial charge in [0.1, 0.15) is 30.0 Å². The maximum Gasteiger partial charge on any atom is 0.408 e. The number of aliphatic hydroxyl groups is 1. The molecule has 0 aromatic heterocycles. The van der Waals surface area contributed by atoms with E-state index in [1.54, 1.807) is 45.0 Å². The van der Waals surface area contributed by atoms with Crippen LogP contribution in [0, 0.1) is 11.3 Å². The lowest BCUT2D eigenvalue weighted by Gasteiger charge is -2.32. The largest absolute Gasteiger partial charge is 0.508 e. The number of hydrogen-bond acceptors (Lipinski definition) is 7. The molecule has 0 radical (unpaired) electrons. The molecule has 2 aromatic rings. The Bertz CT molecular complexity index is 1060. The second-order valence-electron chi connectivity index (χ2n) is 8.67. The zero-order valence-electron chi connectivity index (χ0n) is 19.9. The molecular formula is C25H30N4O6. The van der Waals surface area contributed by atoms with Crippen molar-refractivity contribution in [1.82, 2.24) is 15.5 Å². The van der Waals surface area contributed by atoms with Gasteiger partial charge >= 0.3 is 6.09 Å². The van der Waals surface area contributed by atoms with E-state index < -0.39 is 48.7 Å². The molecule has 2 rings (SSSR count). The van der Waals surface area contributed by atoms with Gasteiger partial charge in [-0.1, -0.05) is 48.5 Å². The van der Waals surface area contributed by atoms with Gasteiger partial charge in [-0.05, 0) is 32.4 Å². The van der Waals surface area contributed by atoms with Gasteiger partial charge in [0.15, 0.2) is 0 Å². The van der Waals surface area contributed by atoms with Crippen LogP contribution in [0.3, 0.4) is 0 Å². The first-order valence-electron chi connectivity index (χ1n) is 10.9. The van der Waals surface area contributed by atoms with Gasteiger partial charge in [-0.3, -0.25) is 9.59 Å². The third-order valence-electron chi connectivity index (χ3n) is 4.80. The number of nitrogens with zero attached hydrogens (tertiary/aromatic N) is 2. The van der Waals surface area contributed by atoms with E-state index in [4.69, 9.17) is 4.74 Å². The van der Waals surface area contributed by atoms with Crippen molar-refractivity contribution >= 4 is 17.9 Å². The molecular weight excluding hydrogens is 452 g/mol. The molecule has 0 heterocycles. The summed E-state index contributed by atoms with van der Waals surface area (Å²) in [5.41, 5.74) is 0.0281. The van der Waals surface area contributed by atoms with Gasteiger partial charge in [0.2, 0.25) is 11.8 Å². The van der Waals surface area contributed by atoms with Crippen LogP contribution in [0.1, 0.15) is 37.9 Å². The molecule has 0 aliphatic rings. The number of phenols is 1. The van der Waals surface area contributed by atoms with E-state index in [2.05, 4.69) is 10.6 Å². The van der Waals surface area contributed by atoms with Gasteiger partial charge in [0, 0.05) is 12.1 Å². The Labute approximate surface area is 204 Å². The number of aliphatic hydroxyl groups excluding tert-OH is 1. The fourth-order valence-electron chi connectivity index (χ4n) is 3.26. The van der Waals surface area contributed by atoms with Crippen molar-refractivity contribution in [1.29, 1.82) is 5.26 Å². The number of para-hydroxylation sites is 1. The molecule has 10 nitrogen and oxygen atoms in total. The number of ether oxygens (including phenoxy) is 1. The molecule has 3 amide bonds. The van der Waals surface area contributed by atoms with Crippen LogP contribution in [0.5, 0.6) is 5.75 Å². The highest BCUT2D eigenvalue weighted by atomic mass is 16.6. The minimum absolute atomic E-state index is 0.0793. The fourth-order valence-corrected chi connectivity index (χ4v) is 3.26. The van der Waals surface area contributed by atoms with E-state index in [0.29, 0.717) is 0 Å². The second kappa shape index (κ2) is 12.4. The van der Waals surface area contributed by atoms with Crippen molar-refractivity contribution < 1.29 is 29.3 Å². The highest BCUT2D eigenvalue weighted by Gasteiger charge is 2.37. The molecule has 0 aliphatic carbocycles. The molecule has 0 fully saturated rings. The van der Waals surface area contributed by atoms with Crippen LogP contribution in [0.25, 0.3) is 0 Å². The van der Waals surface area contributed by atoms with Crippen LogP contribution >= 0.6 is 0 Å². The van der Waals surface area contributed by atoms with E-state index in [1.165, 1.54) is 12.1 Å². The lowest BCUT2D eigenvalue weighted by atomic mass is 10.0. The molecule has 35 heavy (non-hydrogen) atoms. The summed E-state index contributed by atoms with van der Waals surface area (Å²) in [7, 11) is 0. The standard InChI is InChI=1S/C25H30N4O6/c1-25(2,3)35-24(34)28-19(16-30)23(33)29(14-13-26)21(18-11-7-8-12-20(18)31)22(32)27-15-17-9-5-4-6-10-17/h4-12,19,21,30-31H,14-16H2,1-3H3,(H,27,32)(H,28,34). The van der Waals surface area contributed by atoms with Crippen LogP contribution in [0.15, 0.2) is 54.6 Å². The number of nitriles is 1. The summed E-state index contributed by atoms with van der Waals surface area (Å²) in [6.45, 7) is 3.68. The Morgan fingerprint density at radius 2 is 1.71 bits per heavy atom. The van der Waals surface area contributed by atoms with Crippen molar-refractivity contribution in [2.45, 2.75) is 45.0 Å². The Hall–Kier alpha value is -4.10. The molecule has 2 aromatic carbocycles. The normalized spacial score (nSPS) is 12.5. The fraction of sp³-hybridized carbons (Fsp3) is 0.360. The molecule has 10 heteroatoms. The number of amides is 3. The number of aromatic hydroxyl groups is 1. The lowest BCUT2D eigenvalue weighted by molar-refractivity contribution is -0.142. The summed E-state index contributed by atoms with van der Waals surface area (Å²) in [6.07, 6.45) is -0.950. The first kappa shape index (κ1) is 27.1. The molecule has 2 atom stereocenters. The Kier molecular flexibility index (Phi) is 9.61. The maximum atomic E-state index is 13.4. The summed E-state index contributed by atoms with van der Waals surface area (Å²) in [5.74, 6) is -1.82. The van der Waals surface area contributed by atoms with E-state index in [9.17, 15) is 29.9 Å². The molecule has 0 saturated heterocycles. The van der Waals surface area contributed by atoms with Crippen LogP contribution in [0.2, 0.25) is 0 Å². The summed E-state index contributed by atoms with van der Waals surface area (Å²) in [6, 6.07) is 13.9. The highest BCUT2D eigenvalue weighted by molar-refractivity contribution is 5.92. The number of nitrogens with one attached hydrogen (secondary N) is 2. The molecule has 0 bridgehead atoms. The zero-order valence-corrected chi connectivity index (χ0v) is 19.9. The lowest BCUT2D eigenvalue weighted by Crippen LogP contribution is -2.54. The summed E-state index contributed by atoms with van der Waals surface area (Å²) in [5, 5.41) is 34.7. The number of hydrogen-bond donors (Lipinski definition) is 4. The van der Waals surface area contributed by atoms with E-state index in [-0.39, 0.29) is 17.9 Å². The third-order valence-corrected chi connectivity index (χ3v) is 4.80. The zero-order chi connectivity index (χ0) is 26.0.